The summed E-state index contributed by atoms with van der Waals surface area (Å²) in [4.78, 5) is 1.85. The Kier molecular flexibility index (Phi) is 4.38. The molecule has 2 heterocycles. The lowest BCUT2D eigenvalue weighted by Gasteiger charge is -2.35. The van der Waals surface area contributed by atoms with Gasteiger partial charge in [0.2, 0.25) is 0 Å². The summed E-state index contributed by atoms with van der Waals surface area (Å²) in [6, 6.07) is 4.27. The fraction of sp³-hybridized carbons (Fsp3) is 0.438. The molecule has 0 aliphatic carbocycles. The molecule has 1 unspecified atom stereocenters. The molecule has 0 spiro atoms. The summed E-state index contributed by atoms with van der Waals surface area (Å²) in [7, 11) is 0. The van der Waals surface area contributed by atoms with Crippen molar-refractivity contribution in [3.63, 3.8) is 0 Å². The number of alkyl halides is 3. The van der Waals surface area contributed by atoms with Gasteiger partial charge in [0.15, 0.2) is 0 Å². The molecule has 1 aliphatic heterocycles. The Morgan fingerprint density at radius 3 is 2.79 bits per heavy atom. The van der Waals surface area contributed by atoms with Gasteiger partial charge in [-0.25, -0.2) is 0 Å². The van der Waals surface area contributed by atoms with E-state index < -0.39 is 17.9 Å². The summed E-state index contributed by atoms with van der Waals surface area (Å²) in [5, 5.41) is 14.5. The summed E-state index contributed by atoms with van der Waals surface area (Å²) >= 11 is 5.97. The number of hydrogen-bond acceptors (Lipinski definition) is 3. The number of aromatic hydroxyl groups is 1. The number of halogens is 4. The highest BCUT2D eigenvalue weighted by atomic mass is 35.5. The van der Waals surface area contributed by atoms with Crippen LogP contribution in [0.15, 0.2) is 24.4 Å². The fourth-order valence-electron chi connectivity index (χ4n) is 3.20. The number of aromatic nitrogens is 2. The first kappa shape index (κ1) is 17.0. The van der Waals surface area contributed by atoms with E-state index >= 15 is 0 Å². The van der Waals surface area contributed by atoms with Crippen LogP contribution in [0.2, 0.25) is 5.02 Å². The van der Waals surface area contributed by atoms with Crippen molar-refractivity contribution in [2.24, 2.45) is 0 Å². The van der Waals surface area contributed by atoms with E-state index in [2.05, 4.69) is 5.10 Å². The predicted octanol–water partition coefficient (Wildman–Crippen LogP) is 4.41. The zero-order valence-corrected chi connectivity index (χ0v) is 13.8. The summed E-state index contributed by atoms with van der Waals surface area (Å²) in [5.41, 5.74) is -0.0560. The number of hydrogen-bond donors (Lipinski definition) is 1. The van der Waals surface area contributed by atoms with Crippen LogP contribution >= 0.6 is 11.6 Å². The third-order valence-electron chi connectivity index (χ3n) is 4.27. The van der Waals surface area contributed by atoms with Gasteiger partial charge < -0.3 is 10.0 Å². The van der Waals surface area contributed by atoms with Crippen molar-refractivity contribution in [1.29, 1.82) is 0 Å². The van der Waals surface area contributed by atoms with E-state index in [1.54, 1.807) is 12.1 Å². The number of nitrogens with zero attached hydrogens (tertiary/aromatic N) is 3. The van der Waals surface area contributed by atoms with Gasteiger partial charge in [0.1, 0.15) is 11.4 Å². The third kappa shape index (κ3) is 3.17. The first-order valence-corrected chi connectivity index (χ1v) is 8.00. The lowest BCUT2D eigenvalue weighted by Crippen LogP contribution is -2.38. The topological polar surface area (TPSA) is 41.3 Å². The van der Waals surface area contributed by atoms with Crippen LogP contribution in [0.5, 0.6) is 5.75 Å². The van der Waals surface area contributed by atoms with Crippen LogP contribution in [0.3, 0.4) is 0 Å². The number of phenols is 1. The average molecular weight is 360 g/mol. The van der Waals surface area contributed by atoms with E-state index in [0.717, 1.165) is 4.68 Å². The lowest BCUT2D eigenvalue weighted by molar-refractivity contribution is -0.145. The monoisotopic (exact) mass is 359 g/mol. The normalized spacial score (nSPS) is 18.9. The first-order valence-electron chi connectivity index (χ1n) is 7.62. The minimum absolute atomic E-state index is 0.0627. The molecule has 1 aliphatic rings. The van der Waals surface area contributed by atoms with Gasteiger partial charge in [-0.2, -0.15) is 18.3 Å². The van der Waals surface area contributed by atoms with E-state index in [4.69, 9.17) is 11.6 Å². The molecule has 1 fully saturated rings. The van der Waals surface area contributed by atoms with Gasteiger partial charge in [-0.3, -0.25) is 4.68 Å². The lowest BCUT2D eigenvalue weighted by atomic mass is 10.0. The number of rotatable bonds is 2. The van der Waals surface area contributed by atoms with Crippen molar-refractivity contribution in [3.8, 4) is 5.75 Å². The molecule has 0 saturated carbocycles. The highest BCUT2D eigenvalue weighted by molar-refractivity contribution is 6.30. The van der Waals surface area contributed by atoms with Crippen molar-refractivity contribution in [2.45, 2.75) is 32.0 Å². The van der Waals surface area contributed by atoms with Gasteiger partial charge in [0, 0.05) is 18.1 Å². The van der Waals surface area contributed by atoms with Gasteiger partial charge in [-0.15, -0.1) is 0 Å². The van der Waals surface area contributed by atoms with Crippen molar-refractivity contribution < 1.29 is 18.3 Å². The predicted molar refractivity (Wildman–Crippen MR) is 85.6 cm³/mol. The van der Waals surface area contributed by atoms with E-state index in [0.29, 0.717) is 36.6 Å². The summed E-state index contributed by atoms with van der Waals surface area (Å²) in [6.07, 6.45) is -1.89. The van der Waals surface area contributed by atoms with Crippen molar-refractivity contribution in [1.82, 2.24) is 9.78 Å². The molecule has 1 N–H and O–H groups in total. The molecule has 0 bridgehead atoms. The molecule has 8 heteroatoms. The summed E-state index contributed by atoms with van der Waals surface area (Å²) < 4.78 is 41.0. The molecule has 1 saturated heterocycles. The molecule has 24 heavy (non-hydrogen) atoms. The zero-order valence-electron chi connectivity index (χ0n) is 13.0. The van der Waals surface area contributed by atoms with Crippen LogP contribution in [0.25, 0.3) is 0 Å². The Labute approximate surface area is 142 Å². The molecule has 0 amide bonds. The van der Waals surface area contributed by atoms with Gasteiger partial charge in [-0.05, 0) is 43.5 Å². The number of aryl methyl sites for hydroxylation is 1. The zero-order chi connectivity index (χ0) is 17.5. The average Bonchev–Trinajstić information content (AvgIpc) is 2.92. The van der Waals surface area contributed by atoms with E-state index in [-0.39, 0.29) is 11.3 Å². The number of benzene rings is 1. The maximum absolute atomic E-state index is 13.3. The SMILES string of the molecule is Cc1cnn(C2CCCN(c3cc(Cl)ccc3O)C2)c1C(F)(F)F. The number of anilines is 1. The van der Waals surface area contributed by atoms with Gasteiger partial charge in [-0.1, -0.05) is 11.6 Å². The molecule has 2 aromatic rings. The molecule has 130 valence electrons. The van der Waals surface area contributed by atoms with E-state index in [1.165, 1.54) is 19.2 Å². The smallest absolute Gasteiger partial charge is 0.433 e. The van der Waals surface area contributed by atoms with E-state index in [1.807, 2.05) is 4.90 Å². The maximum atomic E-state index is 13.3. The van der Waals surface area contributed by atoms with Gasteiger partial charge in [0.05, 0.1) is 17.9 Å². The molecular weight excluding hydrogens is 343 g/mol. The third-order valence-corrected chi connectivity index (χ3v) is 4.50. The molecule has 3 rings (SSSR count). The second-order valence-electron chi connectivity index (χ2n) is 5.99. The number of phenolic OH excluding ortho intramolecular Hbond substituents is 1. The van der Waals surface area contributed by atoms with Crippen LogP contribution in [0.4, 0.5) is 18.9 Å². The molecule has 1 atom stereocenters. The Hall–Kier alpha value is -1.89. The minimum atomic E-state index is -4.44. The molecule has 1 aromatic heterocycles. The Morgan fingerprint density at radius 2 is 2.08 bits per heavy atom. The van der Waals surface area contributed by atoms with Crippen LogP contribution in [0, 0.1) is 6.92 Å². The van der Waals surface area contributed by atoms with Gasteiger partial charge in [0.25, 0.3) is 0 Å². The van der Waals surface area contributed by atoms with E-state index in [9.17, 15) is 18.3 Å². The molecule has 0 radical (unpaired) electrons. The van der Waals surface area contributed by atoms with Crippen LogP contribution in [0.1, 0.15) is 30.1 Å². The summed E-state index contributed by atoms with van der Waals surface area (Å²) in [5.74, 6) is 0.0627. The van der Waals surface area contributed by atoms with Crippen molar-refractivity contribution in [3.05, 3.63) is 40.7 Å². The Bertz CT molecular complexity index is 745. The largest absolute Gasteiger partial charge is 0.506 e. The molecular formula is C16H17ClF3N3O. The quantitative estimate of drug-likeness (QED) is 0.863. The van der Waals surface area contributed by atoms with Crippen LogP contribution in [-0.2, 0) is 6.18 Å². The second kappa shape index (κ2) is 6.20. The molecule has 1 aromatic carbocycles. The standard InChI is InChI=1S/C16H17ClF3N3O/c1-10-8-21-23(15(10)16(18,19)20)12-3-2-6-22(9-12)13-7-11(17)4-5-14(13)24/h4-5,7-8,12,24H,2-3,6,9H2,1H3. The first-order chi connectivity index (χ1) is 11.3. The Morgan fingerprint density at radius 1 is 1.33 bits per heavy atom. The van der Waals surface area contributed by atoms with Crippen LogP contribution in [-0.4, -0.2) is 28.0 Å². The highest BCUT2D eigenvalue weighted by Crippen LogP contribution is 2.37. The second-order valence-corrected chi connectivity index (χ2v) is 6.43. The van der Waals surface area contributed by atoms with Crippen molar-refractivity contribution >= 4 is 17.3 Å². The highest BCUT2D eigenvalue weighted by Gasteiger charge is 2.39. The van der Waals surface area contributed by atoms with Crippen LogP contribution < -0.4 is 4.90 Å². The summed E-state index contributed by atoms with van der Waals surface area (Å²) in [6.45, 7) is 2.39. The Balaban J connectivity index is 1.91. The maximum Gasteiger partial charge on any atom is 0.433 e. The number of piperidine rings is 1. The van der Waals surface area contributed by atoms with Gasteiger partial charge >= 0.3 is 6.18 Å². The fourth-order valence-corrected chi connectivity index (χ4v) is 3.37. The minimum Gasteiger partial charge on any atom is -0.506 e. The molecule has 4 nitrogen and oxygen atoms in total. The van der Waals surface area contributed by atoms with Crippen molar-refractivity contribution in [2.75, 3.05) is 18.0 Å².